The van der Waals surface area contributed by atoms with Crippen LogP contribution in [0, 0.1) is 13.8 Å². The highest BCUT2D eigenvalue weighted by molar-refractivity contribution is 5.82. The molecule has 2 amide bonds. The Kier molecular flexibility index (Phi) is 16.9. The Morgan fingerprint density at radius 3 is 1.71 bits per heavy atom. The number of hydrogen-bond donors (Lipinski definition) is 11. The highest BCUT2D eigenvalue weighted by Crippen LogP contribution is 2.38. The van der Waals surface area contributed by atoms with Gasteiger partial charge in [-0.3, -0.25) is 9.59 Å². The van der Waals surface area contributed by atoms with Crippen LogP contribution in [0.5, 0.6) is 23.0 Å². The van der Waals surface area contributed by atoms with E-state index in [1.54, 1.807) is 49.4 Å². The molecular weight excluding hydrogens is 819 g/mol. The van der Waals surface area contributed by atoms with Gasteiger partial charge in [0, 0.05) is 42.8 Å². The molecule has 6 rings (SSSR count). The first kappa shape index (κ1) is 48.7. The number of methoxy groups -OCH3 is 1. The van der Waals surface area contributed by atoms with Crippen LogP contribution in [-0.2, 0) is 41.4 Å². The standard InChI is InChI=1S/C31H42N2O12.C15H17NO2/c1-14-5-7-20(36)18(11-14)19-12-17(6-8-21(19)37)9-10-32-30(41)29-28(42-4)25(39)26(40)31(45-29)44-27-23(33-16(3)35)15(2)43-22(13-34)24(27)38;1-10-2-4-14(17)12(8-10)13-9-11(6-7-16)3-5-15(13)18/h5-8,11-12,15,22-29,31,34,36-40H,9-10,13H2,1-4H3,(H,32,41)(H,33,35);2-5,8-9,17-18H,6-7,16H2,1H3. The first-order valence-corrected chi connectivity index (χ1v) is 20.6. The van der Waals surface area contributed by atoms with Crippen molar-refractivity contribution in [2.45, 2.75) is 102 Å². The Hall–Kier alpha value is -5.34. The SMILES string of the molecule is COC1C(C(=O)NCCc2ccc(O)c(-c3cc(C)ccc3O)c2)OC(OC2C(O)C(CO)OC(C)C2NC(C)=O)C(O)C1O.Cc1ccc(O)c(-c2cc(CCN)ccc2O)c1. The van der Waals surface area contributed by atoms with Crippen molar-refractivity contribution in [3.05, 3.63) is 95.1 Å². The minimum Gasteiger partial charge on any atom is -0.507 e. The van der Waals surface area contributed by atoms with Crippen LogP contribution in [0.1, 0.15) is 36.1 Å². The molecule has 10 atom stereocenters. The molecule has 17 nitrogen and oxygen atoms in total. The van der Waals surface area contributed by atoms with E-state index in [1.807, 2.05) is 38.1 Å². The number of aliphatic hydroxyl groups excluding tert-OH is 4. The summed E-state index contributed by atoms with van der Waals surface area (Å²) in [7, 11) is 1.24. The predicted molar refractivity (Wildman–Crippen MR) is 231 cm³/mol. The van der Waals surface area contributed by atoms with E-state index < -0.39 is 79.6 Å². The van der Waals surface area contributed by atoms with Crippen molar-refractivity contribution in [1.29, 1.82) is 0 Å². The summed E-state index contributed by atoms with van der Waals surface area (Å²) in [5.74, 6) is -0.799. The van der Waals surface area contributed by atoms with Crippen molar-refractivity contribution in [3.63, 3.8) is 0 Å². The van der Waals surface area contributed by atoms with Crippen molar-refractivity contribution >= 4 is 11.8 Å². The highest BCUT2D eigenvalue weighted by atomic mass is 16.7. The lowest BCUT2D eigenvalue weighted by molar-refractivity contribution is -0.325. The molecule has 10 unspecified atom stereocenters. The van der Waals surface area contributed by atoms with Gasteiger partial charge in [0.15, 0.2) is 12.4 Å². The van der Waals surface area contributed by atoms with Crippen LogP contribution in [0.2, 0.25) is 0 Å². The number of ether oxygens (including phenoxy) is 4. The molecular formula is C46H59N3O14. The Morgan fingerprint density at radius 1 is 0.714 bits per heavy atom. The number of nitrogens with one attached hydrogen (secondary N) is 2. The summed E-state index contributed by atoms with van der Waals surface area (Å²) in [6, 6.07) is 19.7. The molecule has 4 aromatic rings. The maximum atomic E-state index is 13.3. The summed E-state index contributed by atoms with van der Waals surface area (Å²) in [6.07, 6.45) is -11.1. The number of aliphatic hydroxyl groups is 4. The number of aryl methyl sites for hydroxylation is 2. The van der Waals surface area contributed by atoms with Crippen LogP contribution in [0.3, 0.4) is 0 Å². The minimum atomic E-state index is -1.71. The van der Waals surface area contributed by atoms with Gasteiger partial charge in [-0.15, -0.1) is 0 Å². The van der Waals surface area contributed by atoms with Gasteiger partial charge in [0.05, 0.1) is 18.8 Å². The molecule has 17 heteroatoms. The van der Waals surface area contributed by atoms with Crippen molar-refractivity contribution in [2.75, 3.05) is 26.8 Å². The summed E-state index contributed by atoms with van der Waals surface area (Å²) in [4.78, 5) is 25.2. The van der Waals surface area contributed by atoms with Crippen LogP contribution in [0.15, 0.2) is 72.8 Å². The second-order valence-corrected chi connectivity index (χ2v) is 15.8. The second kappa shape index (κ2) is 21.8. The monoisotopic (exact) mass is 877 g/mol. The van der Waals surface area contributed by atoms with E-state index in [0.29, 0.717) is 35.2 Å². The molecule has 4 aromatic carbocycles. The number of aromatic hydroxyl groups is 4. The fourth-order valence-electron chi connectivity index (χ4n) is 7.70. The zero-order valence-corrected chi connectivity index (χ0v) is 35.8. The Balaban J connectivity index is 0.000000345. The molecule has 12 N–H and O–H groups in total. The molecule has 0 aromatic heterocycles. The molecule has 0 bridgehead atoms. The van der Waals surface area contributed by atoms with Gasteiger partial charge in [-0.2, -0.15) is 0 Å². The third kappa shape index (κ3) is 11.8. The first-order chi connectivity index (χ1) is 30.0. The van der Waals surface area contributed by atoms with Crippen LogP contribution < -0.4 is 16.4 Å². The lowest BCUT2D eigenvalue weighted by Crippen LogP contribution is -2.68. The highest BCUT2D eigenvalue weighted by Gasteiger charge is 2.52. The van der Waals surface area contributed by atoms with E-state index >= 15 is 0 Å². The van der Waals surface area contributed by atoms with E-state index in [-0.39, 0.29) is 29.5 Å². The van der Waals surface area contributed by atoms with Crippen molar-refractivity contribution < 1.29 is 69.4 Å². The van der Waals surface area contributed by atoms with E-state index in [4.69, 9.17) is 24.7 Å². The second-order valence-electron chi connectivity index (χ2n) is 15.8. The van der Waals surface area contributed by atoms with Crippen LogP contribution in [0.25, 0.3) is 22.3 Å². The minimum absolute atomic E-state index is 0.0110. The first-order valence-electron chi connectivity index (χ1n) is 20.6. The topological polar surface area (TPSA) is 283 Å². The Labute approximate surface area is 365 Å². The van der Waals surface area contributed by atoms with E-state index in [9.17, 15) is 50.4 Å². The number of carbonyl (C=O) groups excluding carboxylic acids is 2. The maximum absolute atomic E-state index is 13.3. The molecule has 0 radical (unpaired) electrons. The third-order valence-corrected chi connectivity index (χ3v) is 11.0. The smallest absolute Gasteiger partial charge is 0.252 e. The molecule has 0 saturated carbocycles. The van der Waals surface area contributed by atoms with Gasteiger partial charge in [0.1, 0.15) is 59.6 Å². The van der Waals surface area contributed by atoms with Gasteiger partial charge in [0.25, 0.3) is 5.91 Å². The number of nitrogens with two attached hydrogens (primary N) is 1. The number of amides is 2. The van der Waals surface area contributed by atoms with Crippen molar-refractivity contribution in [3.8, 4) is 45.3 Å². The Morgan fingerprint density at radius 2 is 1.22 bits per heavy atom. The van der Waals surface area contributed by atoms with Crippen LogP contribution in [-0.4, -0.2) is 141 Å². The number of rotatable bonds is 13. The predicted octanol–water partition coefficient (Wildman–Crippen LogP) is 1.80. The molecule has 2 saturated heterocycles. The summed E-state index contributed by atoms with van der Waals surface area (Å²) in [5.41, 5.74) is 11.4. The molecule has 0 aliphatic carbocycles. The van der Waals surface area contributed by atoms with Crippen LogP contribution >= 0.6 is 0 Å². The van der Waals surface area contributed by atoms with Crippen molar-refractivity contribution in [2.24, 2.45) is 5.73 Å². The average Bonchev–Trinajstić information content (AvgIpc) is 3.25. The average molecular weight is 878 g/mol. The largest absolute Gasteiger partial charge is 0.507 e. The van der Waals surface area contributed by atoms with E-state index in [0.717, 1.165) is 28.7 Å². The van der Waals surface area contributed by atoms with Gasteiger partial charge < -0.3 is 76.2 Å². The molecule has 2 aliphatic heterocycles. The summed E-state index contributed by atoms with van der Waals surface area (Å²) in [5, 5.41) is 88.1. The van der Waals surface area contributed by atoms with Gasteiger partial charge in [0.2, 0.25) is 5.91 Å². The van der Waals surface area contributed by atoms with Gasteiger partial charge in [-0.1, -0.05) is 35.4 Å². The summed E-state index contributed by atoms with van der Waals surface area (Å²) in [6.45, 7) is 6.80. The molecule has 2 aliphatic rings. The fourth-order valence-corrected chi connectivity index (χ4v) is 7.70. The van der Waals surface area contributed by atoms with E-state index in [1.165, 1.54) is 20.1 Å². The fraction of sp³-hybridized carbons (Fsp3) is 0.435. The number of phenolic OH excluding ortho intramolecular Hbond substituents is 4. The van der Waals surface area contributed by atoms with E-state index in [2.05, 4.69) is 10.6 Å². The number of benzene rings is 4. The molecule has 342 valence electrons. The van der Waals surface area contributed by atoms with Gasteiger partial charge >= 0.3 is 0 Å². The molecule has 63 heavy (non-hydrogen) atoms. The molecule has 0 spiro atoms. The van der Waals surface area contributed by atoms with Gasteiger partial charge in [-0.05, 0) is 99.8 Å². The molecule has 2 fully saturated rings. The zero-order valence-electron chi connectivity index (χ0n) is 35.8. The number of phenols is 4. The number of hydrogen-bond acceptors (Lipinski definition) is 15. The third-order valence-electron chi connectivity index (χ3n) is 11.0. The summed E-state index contributed by atoms with van der Waals surface area (Å²) < 4.78 is 22.6. The summed E-state index contributed by atoms with van der Waals surface area (Å²) >= 11 is 0. The molecule has 2 heterocycles. The van der Waals surface area contributed by atoms with Crippen LogP contribution in [0.4, 0.5) is 0 Å². The Bertz CT molecular complexity index is 2190. The normalized spacial score (nSPS) is 25.7. The van der Waals surface area contributed by atoms with Crippen molar-refractivity contribution in [1.82, 2.24) is 10.6 Å². The maximum Gasteiger partial charge on any atom is 0.252 e. The number of carbonyl (C=O) groups is 2. The quantitative estimate of drug-likeness (QED) is 0.0914. The van der Waals surface area contributed by atoms with Gasteiger partial charge in [-0.25, -0.2) is 0 Å². The zero-order chi connectivity index (χ0) is 46.1. The lowest BCUT2D eigenvalue weighted by Gasteiger charge is -2.47. The lowest BCUT2D eigenvalue weighted by atomic mass is 9.92.